The number of carboxylic acid groups (broad SMARTS) is 2. The van der Waals surface area contributed by atoms with Gasteiger partial charge in [-0.1, -0.05) is 6.92 Å². The highest BCUT2D eigenvalue weighted by Gasteiger charge is 2.25. The van der Waals surface area contributed by atoms with Gasteiger partial charge >= 0.3 is 11.9 Å². The van der Waals surface area contributed by atoms with Crippen LogP contribution in [0.4, 0.5) is 0 Å². The highest BCUT2D eigenvalue weighted by molar-refractivity contribution is 5.95. The zero-order valence-electron chi connectivity index (χ0n) is 6.11. The molecule has 0 aromatic carbocycles. The fraction of sp³-hybridized carbons (Fsp3) is 0.667. The Kier molecular flexibility index (Phi) is 4.21. The van der Waals surface area contributed by atoms with Crippen molar-refractivity contribution in [2.45, 2.75) is 19.4 Å². The standard InChI is InChI=1S/C6H10O5/c1-2-3-11-4(5(7)8)6(9)10/h4H,2-3H2,1H3,(H,7,8)(H,9,10). The molecule has 0 saturated carbocycles. The van der Waals surface area contributed by atoms with Gasteiger partial charge in [0, 0.05) is 6.61 Å². The van der Waals surface area contributed by atoms with Crippen LogP contribution in [0.1, 0.15) is 13.3 Å². The van der Waals surface area contributed by atoms with Gasteiger partial charge in [0.2, 0.25) is 0 Å². The van der Waals surface area contributed by atoms with Crippen molar-refractivity contribution < 1.29 is 24.5 Å². The van der Waals surface area contributed by atoms with Gasteiger partial charge in [-0.15, -0.1) is 0 Å². The molecule has 2 N–H and O–H groups in total. The lowest BCUT2D eigenvalue weighted by Crippen LogP contribution is -2.32. The summed E-state index contributed by atoms with van der Waals surface area (Å²) >= 11 is 0. The van der Waals surface area contributed by atoms with Crippen LogP contribution >= 0.6 is 0 Å². The Morgan fingerprint density at radius 3 is 2.09 bits per heavy atom. The topological polar surface area (TPSA) is 83.8 Å². The normalized spacial score (nSPS) is 10.0. The molecule has 0 rings (SSSR count). The van der Waals surface area contributed by atoms with Crippen LogP contribution in [0.3, 0.4) is 0 Å². The van der Waals surface area contributed by atoms with Crippen molar-refractivity contribution in [2.24, 2.45) is 0 Å². The summed E-state index contributed by atoms with van der Waals surface area (Å²) in [7, 11) is 0. The molecule has 0 unspecified atom stereocenters. The average Bonchev–Trinajstić information content (AvgIpc) is 1.87. The molecule has 0 bridgehead atoms. The third kappa shape index (κ3) is 3.57. The van der Waals surface area contributed by atoms with Gasteiger partial charge in [0.1, 0.15) is 0 Å². The van der Waals surface area contributed by atoms with Gasteiger partial charge in [-0.25, -0.2) is 9.59 Å². The van der Waals surface area contributed by atoms with E-state index in [-0.39, 0.29) is 6.61 Å². The van der Waals surface area contributed by atoms with E-state index in [2.05, 4.69) is 4.74 Å². The Labute approximate surface area is 63.6 Å². The van der Waals surface area contributed by atoms with Crippen molar-refractivity contribution in [1.29, 1.82) is 0 Å². The van der Waals surface area contributed by atoms with E-state index < -0.39 is 18.0 Å². The summed E-state index contributed by atoms with van der Waals surface area (Å²) in [4.78, 5) is 20.3. The minimum Gasteiger partial charge on any atom is -0.479 e. The molecule has 5 nitrogen and oxygen atoms in total. The van der Waals surface area contributed by atoms with E-state index in [1.807, 2.05) is 0 Å². The predicted molar refractivity (Wildman–Crippen MR) is 35.3 cm³/mol. The van der Waals surface area contributed by atoms with Gasteiger partial charge in [-0.2, -0.15) is 0 Å². The monoisotopic (exact) mass is 162 g/mol. The molecule has 0 spiro atoms. The summed E-state index contributed by atoms with van der Waals surface area (Å²) in [6.45, 7) is 1.91. The van der Waals surface area contributed by atoms with Crippen molar-refractivity contribution in [2.75, 3.05) is 6.61 Å². The SMILES string of the molecule is CCCOC(C(=O)O)C(=O)O. The molecule has 0 radical (unpaired) electrons. The molecule has 0 amide bonds. The molecular weight excluding hydrogens is 152 g/mol. The van der Waals surface area contributed by atoms with E-state index in [9.17, 15) is 9.59 Å². The first-order valence-electron chi connectivity index (χ1n) is 3.16. The first-order chi connectivity index (χ1) is 5.09. The number of ether oxygens (including phenoxy) is 1. The van der Waals surface area contributed by atoms with Gasteiger partial charge in [0.25, 0.3) is 6.10 Å². The Morgan fingerprint density at radius 2 is 1.82 bits per heavy atom. The molecule has 0 aliphatic heterocycles. The van der Waals surface area contributed by atoms with Crippen molar-refractivity contribution in [1.82, 2.24) is 0 Å². The second-order valence-electron chi connectivity index (χ2n) is 1.93. The summed E-state index contributed by atoms with van der Waals surface area (Å²) in [6, 6.07) is 0. The van der Waals surface area contributed by atoms with Crippen LogP contribution in [0.2, 0.25) is 0 Å². The Hall–Kier alpha value is -1.10. The van der Waals surface area contributed by atoms with E-state index in [1.54, 1.807) is 6.92 Å². The van der Waals surface area contributed by atoms with Crippen LogP contribution in [-0.2, 0) is 14.3 Å². The summed E-state index contributed by atoms with van der Waals surface area (Å²) < 4.78 is 4.52. The first-order valence-corrected chi connectivity index (χ1v) is 3.16. The van der Waals surface area contributed by atoms with E-state index in [0.717, 1.165) is 0 Å². The molecule has 0 saturated heterocycles. The molecule has 0 fully saturated rings. The molecule has 0 aliphatic rings. The molecule has 0 heterocycles. The summed E-state index contributed by atoms with van der Waals surface area (Å²) in [5.74, 6) is -2.93. The lowest BCUT2D eigenvalue weighted by molar-refractivity contribution is -0.165. The van der Waals surface area contributed by atoms with Crippen LogP contribution in [-0.4, -0.2) is 34.9 Å². The number of carbonyl (C=O) groups is 2. The zero-order valence-corrected chi connectivity index (χ0v) is 6.11. The number of carboxylic acids is 2. The van der Waals surface area contributed by atoms with E-state index in [0.29, 0.717) is 6.42 Å². The van der Waals surface area contributed by atoms with E-state index >= 15 is 0 Å². The molecule has 64 valence electrons. The molecular formula is C6H10O5. The van der Waals surface area contributed by atoms with Crippen molar-refractivity contribution in [3.8, 4) is 0 Å². The van der Waals surface area contributed by atoms with Crippen molar-refractivity contribution in [3.05, 3.63) is 0 Å². The smallest absolute Gasteiger partial charge is 0.344 e. The maximum absolute atomic E-state index is 10.1. The van der Waals surface area contributed by atoms with Gasteiger partial charge in [-0.3, -0.25) is 0 Å². The molecule has 0 aromatic heterocycles. The predicted octanol–water partition coefficient (Wildman–Crippen LogP) is -0.0492. The lowest BCUT2D eigenvalue weighted by Gasteiger charge is -2.06. The zero-order chi connectivity index (χ0) is 8.85. The Morgan fingerprint density at radius 1 is 1.36 bits per heavy atom. The van der Waals surface area contributed by atoms with Gasteiger partial charge in [0.15, 0.2) is 0 Å². The summed E-state index contributed by atoms with van der Waals surface area (Å²) in [5, 5.41) is 16.5. The molecule has 0 aromatic rings. The molecule has 0 aliphatic carbocycles. The largest absolute Gasteiger partial charge is 0.479 e. The highest BCUT2D eigenvalue weighted by atomic mass is 16.5. The third-order valence-corrected chi connectivity index (χ3v) is 0.937. The average molecular weight is 162 g/mol. The maximum Gasteiger partial charge on any atom is 0.344 e. The molecule has 5 heteroatoms. The fourth-order valence-corrected chi connectivity index (χ4v) is 0.484. The number of hydrogen-bond donors (Lipinski definition) is 2. The Balaban J connectivity index is 3.90. The highest BCUT2D eigenvalue weighted by Crippen LogP contribution is 1.93. The van der Waals surface area contributed by atoms with Gasteiger partial charge < -0.3 is 14.9 Å². The summed E-state index contributed by atoms with van der Waals surface area (Å²) in [5.41, 5.74) is 0. The van der Waals surface area contributed by atoms with Gasteiger partial charge in [0.05, 0.1) is 0 Å². The first kappa shape index (κ1) is 9.90. The van der Waals surface area contributed by atoms with Crippen molar-refractivity contribution in [3.63, 3.8) is 0 Å². The van der Waals surface area contributed by atoms with Crippen LogP contribution < -0.4 is 0 Å². The van der Waals surface area contributed by atoms with Gasteiger partial charge in [-0.05, 0) is 6.42 Å². The quantitative estimate of drug-likeness (QED) is 0.554. The molecule has 11 heavy (non-hydrogen) atoms. The number of hydrogen-bond acceptors (Lipinski definition) is 3. The van der Waals surface area contributed by atoms with Crippen molar-refractivity contribution >= 4 is 11.9 Å². The molecule has 0 atom stereocenters. The number of aliphatic carboxylic acids is 2. The second kappa shape index (κ2) is 4.68. The van der Waals surface area contributed by atoms with Crippen LogP contribution in [0.25, 0.3) is 0 Å². The minimum absolute atomic E-state index is 0.142. The van der Waals surface area contributed by atoms with Crippen LogP contribution in [0.5, 0.6) is 0 Å². The lowest BCUT2D eigenvalue weighted by atomic mass is 10.3. The number of rotatable bonds is 5. The van der Waals surface area contributed by atoms with E-state index in [4.69, 9.17) is 10.2 Å². The maximum atomic E-state index is 10.1. The van der Waals surface area contributed by atoms with E-state index in [1.165, 1.54) is 0 Å². The fourth-order valence-electron chi connectivity index (χ4n) is 0.484. The summed E-state index contributed by atoms with van der Waals surface area (Å²) in [6.07, 6.45) is -1.13. The van der Waals surface area contributed by atoms with Crippen LogP contribution in [0, 0.1) is 0 Å². The van der Waals surface area contributed by atoms with Crippen LogP contribution in [0.15, 0.2) is 0 Å². The Bertz CT molecular complexity index is 139. The second-order valence-corrected chi connectivity index (χ2v) is 1.93. The minimum atomic E-state index is -1.73. The third-order valence-electron chi connectivity index (χ3n) is 0.937.